The molecule has 0 aromatic heterocycles. The van der Waals surface area contributed by atoms with Gasteiger partial charge in [0, 0.05) is 37.7 Å². The van der Waals surface area contributed by atoms with Crippen LogP contribution in [0.4, 0.5) is 5.69 Å². The van der Waals surface area contributed by atoms with Crippen LogP contribution >= 0.6 is 0 Å². The van der Waals surface area contributed by atoms with Crippen LogP contribution in [-0.2, 0) is 19.1 Å². The van der Waals surface area contributed by atoms with Gasteiger partial charge in [0.25, 0.3) is 0 Å². The SMILES string of the molecule is O=C(CCOCCOCCNc1ccccc1)NCCCCCCCCNC(=O)C1CCCCCC1. The van der Waals surface area contributed by atoms with Gasteiger partial charge in [-0.25, -0.2) is 0 Å². The first kappa shape index (κ1) is 30.1. The standard InChI is InChI=1S/C29H49N3O4/c33-28(18-22-35-24-25-36-23-21-30-27-16-10-7-11-17-27)31-19-12-5-1-2-6-13-20-32-29(34)26-14-8-3-4-9-15-26/h7,10-11,16-17,26,30H,1-6,8-9,12-15,18-25H2,(H,31,33)(H,32,34). The molecule has 1 aromatic carbocycles. The maximum atomic E-state index is 12.2. The van der Waals surface area contributed by atoms with Crippen molar-refractivity contribution >= 4 is 17.5 Å². The fraction of sp³-hybridized carbons (Fsp3) is 0.724. The first-order chi connectivity index (χ1) is 17.8. The summed E-state index contributed by atoms with van der Waals surface area (Å²) in [5.41, 5.74) is 1.09. The molecule has 0 saturated heterocycles. The van der Waals surface area contributed by atoms with Gasteiger partial charge in [0.1, 0.15) is 0 Å². The Bertz CT molecular complexity index is 678. The Morgan fingerprint density at radius 3 is 2.00 bits per heavy atom. The molecule has 0 heterocycles. The number of carbonyl (C=O) groups is 2. The molecular formula is C29H49N3O4. The summed E-state index contributed by atoms with van der Waals surface area (Å²) in [4.78, 5) is 24.1. The Kier molecular flexibility index (Phi) is 17.6. The topological polar surface area (TPSA) is 88.7 Å². The van der Waals surface area contributed by atoms with Gasteiger partial charge < -0.3 is 25.4 Å². The highest BCUT2D eigenvalue weighted by Gasteiger charge is 2.19. The molecule has 204 valence electrons. The highest BCUT2D eigenvalue weighted by atomic mass is 16.5. The van der Waals surface area contributed by atoms with Gasteiger partial charge in [0.15, 0.2) is 0 Å². The number of ether oxygens (including phenoxy) is 2. The summed E-state index contributed by atoms with van der Waals surface area (Å²) in [6, 6.07) is 10.0. The van der Waals surface area contributed by atoms with E-state index >= 15 is 0 Å². The van der Waals surface area contributed by atoms with Crippen LogP contribution in [0.3, 0.4) is 0 Å². The molecule has 3 N–H and O–H groups in total. The van der Waals surface area contributed by atoms with E-state index in [9.17, 15) is 9.59 Å². The summed E-state index contributed by atoms with van der Waals surface area (Å²) in [7, 11) is 0. The summed E-state index contributed by atoms with van der Waals surface area (Å²) in [5, 5.41) is 9.40. The second kappa shape index (κ2) is 21.0. The number of para-hydroxylation sites is 1. The number of hydrogen-bond donors (Lipinski definition) is 3. The lowest BCUT2D eigenvalue weighted by Crippen LogP contribution is -2.31. The molecule has 1 fully saturated rings. The van der Waals surface area contributed by atoms with Crippen molar-refractivity contribution in [3.63, 3.8) is 0 Å². The van der Waals surface area contributed by atoms with E-state index in [1.54, 1.807) is 0 Å². The minimum absolute atomic E-state index is 0.0485. The minimum Gasteiger partial charge on any atom is -0.383 e. The molecule has 1 aromatic rings. The van der Waals surface area contributed by atoms with E-state index in [0.29, 0.717) is 32.8 Å². The van der Waals surface area contributed by atoms with Crippen molar-refractivity contribution in [1.29, 1.82) is 0 Å². The third-order valence-corrected chi connectivity index (χ3v) is 6.65. The maximum Gasteiger partial charge on any atom is 0.223 e. The zero-order valence-electron chi connectivity index (χ0n) is 22.2. The Hall–Kier alpha value is -2.12. The van der Waals surface area contributed by atoms with Gasteiger partial charge in [0.2, 0.25) is 11.8 Å². The summed E-state index contributed by atoms with van der Waals surface area (Å²) in [6.07, 6.45) is 14.2. The van der Waals surface area contributed by atoms with Crippen molar-refractivity contribution < 1.29 is 19.1 Å². The van der Waals surface area contributed by atoms with Crippen molar-refractivity contribution in [3.05, 3.63) is 30.3 Å². The molecule has 0 bridgehead atoms. The Labute approximate surface area is 218 Å². The van der Waals surface area contributed by atoms with E-state index < -0.39 is 0 Å². The first-order valence-corrected chi connectivity index (χ1v) is 14.2. The molecule has 2 amide bonds. The second-order valence-corrected chi connectivity index (χ2v) is 9.72. The van der Waals surface area contributed by atoms with Gasteiger partial charge in [-0.2, -0.15) is 0 Å². The lowest BCUT2D eigenvalue weighted by Gasteiger charge is -2.14. The van der Waals surface area contributed by atoms with Crippen molar-refractivity contribution in [2.75, 3.05) is 51.4 Å². The summed E-state index contributed by atoms with van der Waals surface area (Å²) < 4.78 is 11.0. The number of hydrogen-bond acceptors (Lipinski definition) is 5. The molecule has 7 heteroatoms. The fourth-order valence-corrected chi connectivity index (χ4v) is 4.48. The summed E-state index contributed by atoms with van der Waals surface area (Å²) in [5.74, 6) is 0.576. The number of unbranched alkanes of at least 4 members (excludes halogenated alkanes) is 5. The van der Waals surface area contributed by atoms with E-state index in [-0.39, 0.29) is 17.7 Å². The van der Waals surface area contributed by atoms with Gasteiger partial charge >= 0.3 is 0 Å². The van der Waals surface area contributed by atoms with Crippen LogP contribution in [0.15, 0.2) is 30.3 Å². The number of carbonyl (C=O) groups excluding carboxylic acids is 2. The second-order valence-electron chi connectivity index (χ2n) is 9.72. The van der Waals surface area contributed by atoms with E-state index in [4.69, 9.17) is 9.47 Å². The third kappa shape index (κ3) is 15.8. The van der Waals surface area contributed by atoms with E-state index in [0.717, 1.165) is 63.8 Å². The van der Waals surface area contributed by atoms with E-state index in [2.05, 4.69) is 16.0 Å². The van der Waals surface area contributed by atoms with Crippen molar-refractivity contribution in [2.24, 2.45) is 5.92 Å². The van der Waals surface area contributed by atoms with Crippen LogP contribution in [0.25, 0.3) is 0 Å². The normalized spacial score (nSPS) is 14.2. The maximum absolute atomic E-state index is 12.2. The Morgan fingerprint density at radius 1 is 0.694 bits per heavy atom. The molecular weight excluding hydrogens is 454 g/mol. The zero-order chi connectivity index (χ0) is 25.5. The van der Waals surface area contributed by atoms with Crippen molar-refractivity contribution in [3.8, 4) is 0 Å². The number of rotatable bonds is 20. The zero-order valence-corrected chi connectivity index (χ0v) is 22.2. The Morgan fingerprint density at radius 2 is 1.31 bits per heavy atom. The molecule has 0 spiro atoms. The molecule has 1 aliphatic rings. The van der Waals surface area contributed by atoms with Gasteiger partial charge in [-0.05, 0) is 37.8 Å². The number of benzene rings is 1. The molecule has 36 heavy (non-hydrogen) atoms. The lowest BCUT2D eigenvalue weighted by atomic mass is 9.99. The average Bonchev–Trinajstić information content (AvgIpc) is 3.19. The number of nitrogens with one attached hydrogen (secondary N) is 3. The van der Waals surface area contributed by atoms with Crippen LogP contribution in [0.5, 0.6) is 0 Å². The Balaban J connectivity index is 1.27. The summed E-state index contributed by atoms with van der Waals surface area (Å²) >= 11 is 0. The van der Waals surface area contributed by atoms with Crippen molar-refractivity contribution in [1.82, 2.24) is 10.6 Å². The van der Waals surface area contributed by atoms with E-state index in [1.165, 1.54) is 38.5 Å². The first-order valence-electron chi connectivity index (χ1n) is 14.2. The van der Waals surface area contributed by atoms with E-state index in [1.807, 2.05) is 30.3 Å². The largest absolute Gasteiger partial charge is 0.383 e. The van der Waals surface area contributed by atoms with Crippen LogP contribution in [0.2, 0.25) is 0 Å². The smallest absolute Gasteiger partial charge is 0.223 e. The predicted octanol–water partition coefficient (Wildman–Crippen LogP) is 5.07. The molecule has 1 aliphatic carbocycles. The highest BCUT2D eigenvalue weighted by Crippen LogP contribution is 2.22. The number of amides is 2. The molecule has 2 rings (SSSR count). The lowest BCUT2D eigenvalue weighted by molar-refractivity contribution is -0.125. The van der Waals surface area contributed by atoms with Gasteiger partial charge in [-0.3, -0.25) is 9.59 Å². The molecule has 0 radical (unpaired) electrons. The molecule has 7 nitrogen and oxygen atoms in total. The molecule has 1 saturated carbocycles. The molecule has 0 aliphatic heterocycles. The predicted molar refractivity (Wildman–Crippen MR) is 146 cm³/mol. The van der Waals surface area contributed by atoms with Gasteiger partial charge in [-0.15, -0.1) is 0 Å². The highest BCUT2D eigenvalue weighted by molar-refractivity contribution is 5.78. The van der Waals surface area contributed by atoms with Crippen LogP contribution in [-0.4, -0.2) is 57.9 Å². The quantitative estimate of drug-likeness (QED) is 0.171. The monoisotopic (exact) mass is 503 g/mol. The third-order valence-electron chi connectivity index (χ3n) is 6.65. The fourth-order valence-electron chi connectivity index (χ4n) is 4.48. The van der Waals surface area contributed by atoms with Crippen LogP contribution in [0, 0.1) is 5.92 Å². The number of anilines is 1. The van der Waals surface area contributed by atoms with Gasteiger partial charge in [-0.1, -0.05) is 69.6 Å². The summed E-state index contributed by atoms with van der Waals surface area (Å²) in [6.45, 7) is 4.38. The average molecular weight is 504 g/mol. The molecule has 0 unspecified atom stereocenters. The van der Waals surface area contributed by atoms with Gasteiger partial charge in [0.05, 0.1) is 26.4 Å². The van der Waals surface area contributed by atoms with Crippen molar-refractivity contribution in [2.45, 2.75) is 83.5 Å². The minimum atomic E-state index is 0.0485. The van der Waals surface area contributed by atoms with Crippen LogP contribution < -0.4 is 16.0 Å². The van der Waals surface area contributed by atoms with Crippen LogP contribution in [0.1, 0.15) is 83.5 Å². The molecule has 0 atom stereocenters.